The monoisotopic (exact) mass is 311 g/mol. The highest BCUT2D eigenvalue weighted by molar-refractivity contribution is 9.10. The van der Waals surface area contributed by atoms with Crippen LogP contribution in [0.4, 0.5) is 5.69 Å². The fourth-order valence-corrected chi connectivity index (χ4v) is 2.50. The van der Waals surface area contributed by atoms with Crippen molar-refractivity contribution in [2.45, 2.75) is 32.3 Å². The summed E-state index contributed by atoms with van der Waals surface area (Å²) in [6.07, 6.45) is 1.57. The lowest BCUT2D eigenvalue weighted by molar-refractivity contribution is -0.130. The molecule has 1 heterocycles. The first-order chi connectivity index (χ1) is 8.46. The summed E-state index contributed by atoms with van der Waals surface area (Å²) in [5.74, 6) is 0.131. The zero-order chi connectivity index (χ0) is 13.2. The Bertz CT molecular complexity index is 428. The number of hydrogen-bond acceptors (Lipinski definition) is 2. The number of benzene rings is 1. The van der Waals surface area contributed by atoms with Gasteiger partial charge < -0.3 is 10.1 Å². The molecule has 0 radical (unpaired) electrons. The van der Waals surface area contributed by atoms with Gasteiger partial charge in [0.2, 0.25) is 5.91 Å². The summed E-state index contributed by atoms with van der Waals surface area (Å²) in [5.41, 5.74) is 0.646. The van der Waals surface area contributed by atoms with Gasteiger partial charge in [-0.1, -0.05) is 15.9 Å². The van der Waals surface area contributed by atoms with E-state index in [0.29, 0.717) is 6.61 Å². The number of amides is 1. The van der Waals surface area contributed by atoms with Crippen molar-refractivity contribution in [2.75, 3.05) is 11.9 Å². The van der Waals surface area contributed by atoms with Gasteiger partial charge in [-0.3, -0.25) is 4.79 Å². The molecule has 3 nitrogen and oxygen atoms in total. The van der Waals surface area contributed by atoms with Gasteiger partial charge in [-0.2, -0.15) is 0 Å². The third-order valence-corrected chi connectivity index (χ3v) is 3.71. The van der Waals surface area contributed by atoms with Gasteiger partial charge in [-0.15, -0.1) is 0 Å². The molecule has 0 aromatic heterocycles. The molecule has 4 heteroatoms. The minimum atomic E-state index is -0.194. The van der Waals surface area contributed by atoms with Crippen molar-refractivity contribution in [3.05, 3.63) is 28.7 Å². The Morgan fingerprint density at radius 2 is 2.06 bits per heavy atom. The summed E-state index contributed by atoms with van der Waals surface area (Å²) in [6.45, 7) is 4.73. The topological polar surface area (TPSA) is 38.3 Å². The lowest BCUT2D eigenvalue weighted by Gasteiger charge is -2.34. The lowest BCUT2D eigenvalue weighted by atomic mass is 9.88. The van der Waals surface area contributed by atoms with Crippen LogP contribution in [0.15, 0.2) is 28.7 Å². The quantitative estimate of drug-likeness (QED) is 0.906. The fourth-order valence-electron chi connectivity index (χ4n) is 2.23. The van der Waals surface area contributed by atoms with Crippen LogP contribution in [0.3, 0.4) is 0 Å². The summed E-state index contributed by atoms with van der Waals surface area (Å²) < 4.78 is 6.63. The molecule has 0 aliphatic carbocycles. The molecule has 1 saturated heterocycles. The van der Waals surface area contributed by atoms with Crippen molar-refractivity contribution in [3.63, 3.8) is 0 Å². The number of ether oxygens (including phenoxy) is 1. The van der Waals surface area contributed by atoms with Crippen LogP contribution >= 0.6 is 15.9 Å². The van der Waals surface area contributed by atoms with Gasteiger partial charge >= 0.3 is 0 Å². The van der Waals surface area contributed by atoms with Gasteiger partial charge in [0, 0.05) is 22.7 Å². The first kappa shape index (κ1) is 13.6. The number of hydrogen-bond donors (Lipinski definition) is 1. The van der Waals surface area contributed by atoms with Crippen LogP contribution in [-0.4, -0.2) is 18.1 Å². The van der Waals surface area contributed by atoms with Crippen LogP contribution < -0.4 is 5.32 Å². The van der Waals surface area contributed by atoms with Crippen molar-refractivity contribution >= 4 is 27.5 Å². The summed E-state index contributed by atoms with van der Waals surface area (Å²) in [7, 11) is 0. The summed E-state index contributed by atoms with van der Waals surface area (Å²) in [6, 6.07) is 7.63. The average Bonchev–Trinajstić information content (AvgIpc) is 2.31. The number of rotatable bonds is 2. The maximum absolute atomic E-state index is 12.2. The van der Waals surface area contributed by atoms with Gasteiger partial charge in [0.25, 0.3) is 0 Å². The van der Waals surface area contributed by atoms with Crippen molar-refractivity contribution < 1.29 is 9.53 Å². The number of anilines is 1. The predicted octanol–water partition coefficient (Wildman–Crippen LogP) is 3.59. The smallest absolute Gasteiger partial charge is 0.227 e. The van der Waals surface area contributed by atoms with Crippen LogP contribution in [0.25, 0.3) is 0 Å². The second-order valence-electron chi connectivity index (χ2n) is 5.29. The molecule has 1 unspecified atom stereocenters. The van der Waals surface area contributed by atoms with E-state index in [2.05, 4.69) is 21.2 Å². The number of nitrogens with one attached hydrogen (secondary N) is 1. The van der Waals surface area contributed by atoms with Crippen LogP contribution in [0.2, 0.25) is 0 Å². The molecule has 1 aliphatic rings. The van der Waals surface area contributed by atoms with E-state index >= 15 is 0 Å². The van der Waals surface area contributed by atoms with E-state index in [-0.39, 0.29) is 17.4 Å². The van der Waals surface area contributed by atoms with Gasteiger partial charge in [0.05, 0.1) is 5.60 Å². The number of carbonyl (C=O) groups excluding carboxylic acids is 1. The molecule has 18 heavy (non-hydrogen) atoms. The van der Waals surface area contributed by atoms with E-state index in [9.17, 15) is 4.79 Å². The second kappa shape index (κ2) is 5.41. The van der Waals surface area contributed by atoms with E-state index in [4.69, 9.17) is 4.74 Å². The average molecular weight is 312 g/mol. The van der Waals surface area contributed by atoms with Gasteiger partial charge in [0.1, 0.15) is 0 Å². The predicted molar refractivity (Wildman–Crippen MR) is 75.5 cm³/mol. The molecule has 1 N–H and O–H groups in total. The van der Waals surface area contributed by atoms with Gasteiger partial charge in [-0.25, -0.2) is 0 Å². The SMILES string of the molecule is CC1(C)CC(C(=O)Nc2ccc(Br)cc2)CCO1. The zero-order valence-corrected chi connectivity index (χ0v) is 12.3. The molecule has 0 saturated carbocycles. The molecule has 1 aromatic carbocycles. The Labute approximate surface area is 116 Å². The van der Waals surface area contributed by atoms with Crippen LogP contribution in [0.1, 0.15) is 26.7 Å². The van der Waals surface area contributed by atoms with Gasteiger partial charge in [-0.05, 0) is 51.0 Å². The molecule has 1 amide bonds. The van der Waals surface area contributed by atoms with Crippen LogP contribution in [-0.2, 0) is 9.53 Å². The maximum atomic E-state index is 12.2. The van der Waals surface area contributed by atoms with E-state index < -0.39 is 0 Å². The lowest BCUT2D eigenvalue weighted by Crippen LogP contribution is -2.39. The maximum Gasteiger partial charge on any atom is 0.227 e. The normalized spacial score (nSPS) is 22.5. The standard InChI is InChI=1S/C14H18BrNO2/c1-14(2)9-10(7-8-18-14)13(17)16-12-5-3-11(15)4-6-12/h3-6,10H,7-9H2,1-2H3,(H,16,17). The molecule has 1 fully saturated rings. The number of carbonyl (C=O) groups is 1. The molecular weight excluding hydrogens is 294 g/mol. The molecule has 0 bridgehead atoms. The molecule has 1 atom stereocenters. The third-order valence-electron chi connectivity index (χ3n) is 3.18. The highest BCUT2D eigenvalue weighted by atomic mass is 79.9. The summed E-state index contributed by atoms with van der Waals surface area (Å²) in [5, 5.41) is 2.96. The second-order valence-corrected chi connectivity index (χ2v) is 6.21. The Morgan fingerprint density at radius 1 is 1.39 bits per heavy atom. The third kappa shape index (κ3) is 3.56. The molecule has 2 rings (SSSR count). The van der Waals surface area contributed by atoms with E-state index in [0.717, 1.165) is 23.0 Å². The van der Waals surface area contributed by atoms with Crippen LogP contribution in [0.5, 0.6) is 0 Å². The van der Waals surface area contributed by atoms with Crippen LogP contribution in [0, 0.1) is 5.92 Å². The highest BCUT2D eigenvalue weighted by Gasteiger charge is 2.32. The zero-order valence-electron chi connectivity index (χ0n) is 10.7. The summed E-state index contributed by atoms with van der Waals surface area (Å²) in [4.78, 5) is 12.2. The highest BCUT2D eigenvalue weighted by Crippen LogP contribution is 2.29. The Balaban J connectivity index is 1.97. The molecular formula is C14H18BrNO2. The number of halogens is 1. The Morgan fingerprint density at radius 3 is 2.67 bits per heavy atom. The minimum absolute atomic E-state index is 0.0393. The summed E-state index contributed by atoms with van der Waals surface area (Å²) >= 11 is 3.37. The molecule has 1 aromatic rings. The fraction of sp³-hybridized carbons (Fsp3) is 0.500. The van der Waals surface area contributed by atoms with Crippen molar-refractivity contribution in [1.29, 1.82) is 0 Å². The van der Waals surface area contributed by atoms with Crippen molar-refractivity contribution in [1.82, 2.24) is 0 Å². The van der Waals surface area contributed by atoms with E-state index in [1.54, 1.807) is 0 Å². The molecule has 98 valence electrons. The first-order valence-electron chi connectivity index (χ1n) is 6.17. The van der Waals surface area contributed by atoms with Crippen molar-refractivity contribution in [3.8, 4) is 0 Å². The van der Waals surface area contributed by atoms with E-state index in [1.807, 2.05) is 38.1 Å². The molecule has 0 spiro atoms. The largest absolute Gasteiger partial charge is 0.376 e. The first-order valence-corrected chi connectivity index (χ1v) is 6.96. The van der Waals surface area contributed by atoms with Crippen molar-refractivity contribution in [2.24, 2.45) is 5.92 Å². The molecule has 1 aliphatic heterocycles. The Kier molecular flexibility index (Phi) is 4.07. The van der Waals surface area contributed by atoms with Gasteiger partial charge in [0.15, 0.2) is 0 Å². The Hall–Kier alpha value is -0.870. The van der Waals surface area contributed by atoms with E-state index in [1.165, 1.54) is 0 Å². The minimum Gasteiger partial charge on any atom is -0.376 e.